The Morgan fingerprint density at radius 2 is 2.00 bits per heavy atom. The van der Waals surface area contributed by atoms with Crippen molar-refractivity contribution in [2.24, 2.45) is 0 Å². The highest BCUT2D eigenvalue weighted by atomic mass is 79.9. The molecule has 0 aliphatic carbocycles. The van der Waals surface area contributed by atoms with Crippen LogP contribution in [0.1, 0.15) is 5.56 Å². The molecule has 0 unspecified atom stereocenters. The van der Waals surface area contributed by atoms with Crippen LogP contribution >= 0.6 is 15.9 Å². The van der Waals surface area contributed by atoms with E-state index in [-0.39, 0.29) is 0 Å². The lowest BCUT2D eigenvalue weighted by molar-refractivity contribution is 0.391. The van der Waals surface area contributed by atoms with Crippen molar-refractivity contribution in [3.63, 3.8) is 0 Å². The van der Waals surface area contributed by atoms with Gasteiger partial charge in [0.05, 0.1) is 19.7 Å². The molecule has 0 saturated carbocycles. The third-order valence-corrected chi connectivity index (χ3v) is 4.72. The van der Waals surface area contributed by atoms with Crippen LogP contribution in [0.25, 0.3) is 16.6 Å². The number of ether oxygens (including phenoxy) is 2. The van der Waals surface area contributed by atoms with E-state index in [1.807, 2.05) is 47.0 Å². The number of anilines is 1. The number of benzene rings is 2. The van der Waals surface area contributed by atoms with Crippen LogP contribution in [0.4, 0.5) is 5.95 Å². The van der Waals surface area contributed by atoms with Crippen molar-refractivity contribution in [2.75, 3.05) is 19.5 Å². The number of hydrogen-bond acceptors (Lipinski definition) is 5. The zero-order chi connectivity index (χ0) is 18.1. The largest absolute Gasteiger partial charge is 0.497 e. The zero-order valence-corrected chi connectivity index (χ0v) is 15.9. The molecule has 7 heteroatoms. The molecule has 26 heavy (non-hydrogen) atoms. The monoisotopic (exact) mass is 412 g/mol. The van der Waals surface area contributed by atoms with E-state index in [4.69, 9.17) is 14.5 Å². The smallest absolute Gasteiger partial charge is 0.209 e. The molecule has 0 radical (unpaired) electrons. The molecular weight excluding hydrogens is 396 g/mol. The Morgan fingerprint density at radius 3 is 2.81 bits per heavy atom. The number of fused-ring (bicyclic) bond motifs is 3. The number of hydrogen-bond donors (Lipinski definition) is 1. The minimum atomic E-state index is 0.565. The van der Waals surface area contributed by atoms with E-state index in [2.05, 4.69) is 26.2 Å². The van der Waals surface area contributed by atoms with Gasteiger partial charge in [0.15, 0.2) is 0 Å². The molecule has 4 aromatic rings. The average Bonchev–Trinajstić information content (AvgIpc) is 3.16. The third-order valence-electron chi connectivity index (χ3n) is 4.23. The van der Waals surface area contributed by atoms with Crippen LogP contribution in [-0.2, 0) is 6.54 Å². The molecule has 4 rings (SSSR count). The summed E-state index contributed by atoms with van der Waals surface area (Å²) in [6, 6.07) is 11.8. The Kier molecular flexibility index (Phi) is 4.38. The van der Waals surface area contributed by atoms with Crippen LogP contribution < -0.4 is 14.8 Å². The summed E-state index contributed by atoms with van der Waals surface area (Å²) in [5.41, 5.74) is 2.76. The highest BCUT2D eigenvalue weighted by Gasteiger charge is 2.11. The molecule has 0 amide bonds. The average molecular weight is 413 g/mol. The van der Waals surface area contributed by atoms with Crippen molar-refractivity contribution >= 4 is 38.4 Å². The maximum Gasteiger partial charge on any atom is 0.209 e. The van der Waals surface area contributed by atoms with Gasteiger partial charge in [-0.05, 0) is 30.3 Å². The SMILES string of the molecule is COc1ccc(CNc2nc3ccc(Br)cc3c3nccn23)c(OC)c1. The lowest BCUT2D eigenvalue weighted by Crippen LogP contribution is -2.08. The summed E-state index contributed by atoms with van der Waals surface area (Å²) in [5.74, 6) is 2.26. The molecule has 2 aromatic carbocycles. The zero-order valence-electron chi connectivity index (χ0n) is 14.4. The van der Waals surface area contributed by atoms with E-state index in [0.717, 1.165) is 44.0 Å². The van der Waals surface area contributed by atoms with Gasteiger partial charge in [-0.1, -0.05) is 15.9 Å². The predicted molar refractivity (Wildman–Crippen MR) is 105 cm³/mol. The van der Waals surface area contributed by atoms with Crippen molar-refractivity contribution in [3.8, 4) is 11.5 Å². The Morgan fingerprint density at radius 1 is 1.12 bits per heavy atom. The van der Waals surface area contributed by atoms with E-state index in [1.54, 1.807) is 20.4 Å². The Labute approximate surface area is 158 Å². The van der Waals surface area contributed by atoms with Gasteiger partial charge in [-0.15, -0.1) is 0 Å². The number of aromatic nitrogens is 3. The number of imidazole rings is 1. The highest BCUT2D eigenvalue weighted by molar-refractivity contribution is 9.10. The van der Waals surface area contributed by atoms with Gasteiger partial charge in [-0.25, -0.2) is 9.97 Å². The van der Waals surface area contributed by atoms with Gasteiger partial charge in [0.2, 0.25) is 5.95 Å². The first-order valence-electron chi connectivity index (χ1n) is 8.06. The minimum absolute atomic E-state index is 0.565. The summed E-state index contributed by atoms with van der Waals surface area (Å²) < 4.78 is 13.7. The summed E-state index contributed by atoms with van der Waals surface area (Å²) in [6.07, 6.45) is 3.67. The topological polar surface area (TPSA) is 60.7 Å². The van der Waals surface area contributed by atoms with Crippen LogP contribution in [0.5, 0.6) is 11.5 Å². The van der Waals surface area contributed by atoms with Gasteiger partial charge in [0.25, 0.3) is 0 Å². The molecule has 0 spiro atoms. The Bertz CT molecular complexity index is 1090. The second-order valence-corrected chi connectivity index (χ2v) is 6.66. The predicted octanol–water partition coefficient (Wildman–Crippen LogP) is 4.27. The fraction of sp³-hybridized carbons (Fsp3) is 0.158. The second kappa shape index (κ2) is 6.84. The number of halogens is 1. The van der Waals surface area contributed by atoms with Crippen molar-refractivity contribution in [2.45, 2.75) is 6.54 Å². The molecule has 0 atom stereocenters. The molecule has 0 fully saturated rings. The summed E-state index contributed by atoms with van der Waals surface area (Å²) in [5, 5.41) is 4.39. The molecule has 0 aliphatic heterocycles. The molecule has 0 aliphatic rings. The third kappa shape index (κ3) is 2.94. The first kappa shape index (κ1) is 16.7. The number of nitrogens with zero attached hydrogens (tertiary/aromatic N) is 3. The minimum Gasteiger partial charge on any atom is -0.497 e. The lowest BCUT2D eigenvalue weighted by Gasteiger charge is -2.13. The van der Waals surface area contributed by atoms with Gasteiger partial charge in [-0.2, -0.15) is 0 Å². The van der Waals surface area contributed by atoms with Crippen LogP contribution in [0.2, 0.25) is 0 Å². The normalized spacial score (nSPS) is 11.0. The van der Waals surface area contributed by atoms with Gasteiger partial charge in [-0.3, -0.25) is 4.40 Å². The molecule has 0 bridgehead atoms. The molecule has 0 saturated heterocycles. The van der Waals surface area contributed by atoms with Crippen LogP contribution in [-0.4, -0.2) is 28.6 Å². The van der Waals surface area contributed by atoms with Gasteiger partial charge in [0.1, 0.15) is 17.1 Å². The van der Waals surface area contributed by atoms with Gasteiger partial charge in [0, 0.05) is 40.4 Å². The molecular formula is C19H17BrN4O2. The van der Waals surface area contributed by atoms with E-state index in [0.29, 0.717) is 6.54 Å². The summed E-state index contributed by atoms with van der Waals surface area (Å²) in [4.78, 5) is 9.23. The fourth-order valence-electron chi connectivity index (χ4n) is 2.92. The molecule has 6 nitrogen and oxygen atoms in total. The van der Waals surface area contributed by atoms with Crippen LogP contribution in [0, 0.1) is 0 Å². The first-order valence-corrected chi connectivity index (χ1v) is 8.86. The maximum absolute atomic E-state index is 5.47. The fourth-order valence-corrected chi connectivity index (χ4v) is 3.28. The quantitative estimate of drug-likeness (QED) is 0.530. The second-order valence-electron chi connectivity index (χ2n) is 5.75. The molecule has 2 aromatic heterocycles. The molecule has 132 valence electrons. The summed E-state index contributed by atoms with van der Waals surface area (Å²) >= 11 is 3.51. The van der Waals surface area contributed by atoms with Crippen molar-refractivity contribution in [1.29, 1.82) is 0 Å². The van der Waals surface area contributed by atoms with E-state index in [1.165, 1.54) is 0 Å². The van der Waals surface area contributed by atoms with Gasteiger partial charge >= 0.3 is 0 Å². The highest BCUT2D eigenvalue weighted by Crippen LogP contribution is 2.27. The van der Waals surface area contributed by atoms with E-state index >= 15 is 0 Å². The number of rotatable bonds is 5. The van der Waals surface area contributed by atoms with Gasteiger partial charge < -0.3 is 14.8 Å². The maximum atomic E-state index is 5.47. The van der Waals surface area contributed by atoms with Crippen LogP contribution in [0.3, 0.4) is 0 Å². The van der Waals surface area contributed by atoms with Crippen molar-refractivity contribution in [1.82, 2.24) is 14.4 Å². The summed E-state index contributed by atoms with van der Waals surface area (Å²) in [7, 11) is 3.29. The molecule has 1 N–H and O–H groups in total. The first-order chi connectivity index (χ1) is 12.7. The summed E-state index contributed by atoms with van der Waals surface area (Å²) in [6.45, 7) is 0.565. The van der Waals surface area contributed by atoms with Crippen molar-refractivity contribution in [3.05, 3.63) is 58.8 Å². The number of methoxy groups -OCH3 is 2. The van der Waals surface area contributed by atoms with E-state index < -0.39 is 0 Å². The Balaban J connectivity index is 1.71. The Hall–Kier alpha value is -2.80. The molecule has 2 heterocycles. The number of nitrogens with one attached hydrogen (secondary N) is 1. The van der Waals surface area contributed by atoms with Crippen molar-refractivity contribution < 1.29 is 9.47 Å². The standard InChI is InChI=1S/C19H17BrN4O2/c1-25-14-5-3-12(17(10-14)26-2)11-22-19-23-16-6-4-13(20)9-15(16)18-21-7-8-24(18)19/h3-10H,11H2,1-2H3,(H,22,23). The lowest BCUT2D eigenvalue weighted by atomic mass is 10.2. The van der Waals surface area contributed by atoms with E-state index in [9.17, 15) is 0 Å². The van der Waals surface area contributed by atoms with Crippen LogP contribution in [0.15, 0.2) is 53.3 Å².